The van der Waals surface area contributed by atoms with Crippen LogP contribution in [0.5, 0.6) is 0 Å². The number of benzene rings is 1. The minimum Gasteiger partial charge on any atom is -0.393 e. The zero-order chi connectivity index (χ0) is 11.6. The first-order chi connectivity index (χ1) is 6.95. The lowest BCUT2D eigenvalue weighted by Gasteiger charge is -2.19. The minimum atomic E-state index is -0.838. The maximum Gasteiger partial charge on any atom is 0.162 e. The summed E-state index contributed by atoms with van der Waals surface area (Å²) < 4.78 is 26.4. The van der Waals surface area contributed by atoms with Crippen molar-refractivity contribution in [1.29, 1.82) is 0 Å². The summed E-state index contributed by atoms with van der Waals surface area (Å²) >= 11 is 4.83. The van der Waals surface area contributed by atoms with Gasteiger partial charge in [0, 0.05) is 5.92 Å². The summed E-state index contributed by atoms with van der Waals surface area (Å²) in [6, 6.07) is 4.13. The fraction of sp³-hybridized carbons (Fsp3) is 0.364. The summed E-state index contributed by atoms with van der Waals surface area (Å²) in [5, 5.41) is 0. The molecule has 0 aliphatic rings. The van der Waals surface area contributed by atoms with Crippen molar-refractivity contribution in [3.8, 4) is 0 Å². The van der Waals surface area contributed by atoms with Crippen molar-refractivity contribution >= 4 is 17.2 Å². The fourth-order valence-corrected chi connectivity index (χ4v) is 1.59. The highest BCUT2D eigenvalue weighted by atomic mass is 32.1. The fourth-order valence-electron chi connectivity index (χ4n) is 1.39. The van der Waals surface area contributed by atoms with Crippen LogP contribution in [-0.2, 0) is 0 Å². The van der Waals surface area contributed by atoms with E-state index in [1.54, 1.807) is 19.9 Å². The Labute approximate surface area is 93.3 Å². The molecule has 0 amide bonds. The number of hydrogen-bond donors (Lipinski definition) is 1. The Balaban J connectivity index is 3.06. The van der Waals surface area contributed by atoms with Crippen LogP contribution in [0.15, 0.2) is 18.2 Å². The van der Waals surface area contributed by atoms with Crippen molar-refractivity contribution in [3.05, 3.63) is 35.4 Å². The van der Waals surface area contributed by atoms with Gasteiger partial charge in [0.15, 0.2) is 11.6 Å². The molecule has 0 heterocycles. The van der Waals surface area contributed by atoms with Crippen LogP contribution < -0.4 is 5.73 Å². The molecule has 0 fully saturated rings. The molecule has 0 spiro atoms. The first-order valence-electron chi connectivity index (χ1n) is 4.68. The van der Waals surface area contributed by atoms with E-state index in [2.05, 4.69) is 0 Å². The molecule has 2 unspecified atom stereocenters. The summed E-state index contributed by atoms with van der Waals surface area (Å²) in [6.07, 6.45) is 0. The summed E-state index contributed by atoms with van der Waals surface area (Å²) in [7, 11) is 0. The Morgan fingerprint density at radius 3 is 2.47 bits per heavy atom. The molecule has 0 aliphatic heterocycles. The molecular formula is C11H13F2NS. The van der Waals surface area contributed by atoms with Crippen molar-refractivity contribution in [2.24, 2.45) is 11.7 Å². The molecule has 15 heavy (non-hydrogen) atoms. The maximum atomic E-state index is 13.4. The molecule has 2 N–H and O–H groups in total. The highest BCUT2D eigenvalue weighted by molar-refractivity contribution is 7.80. The molecule has 0 aliphatic carbocycles. The Morgan fingerprint density at radius 2 is 1.93 bits per heavy atom. The molecule has 1 aromatic carbocycles. The largest absolute Gasteiger partial charge is 0.393 e. The van der Waals surface area contributed by atoms with Gasteiger partial charge in [0.05, 0.1) is 4.99 Å². The van der Waals surface area contributed by atoms with Gasteiger partial charge in [-0.05, 0) is 17.5 Å². The zero-order valence-corrected chi connectivity index (χ0v) is 9.44. The normalized spacial score (nSPS) is 14.7. The molecule has 2 atom stereocenters. The lowest BCUT2D eigenvalue weighted by molar-refractivity contribution is 0.480. The predicted octanol–water partition coefficient (Wildman–Crippen LogP) is 2.99. The standard InChI is InChI=1S/C11H13F2NS/c1-6(7(2)11(14)15)8-4-3-5-9(12)10(8)13/h3-7H,1-2H3,(H2,14,15). The molecule has 1 rings (SSSR count). The molecule has 0 saturated heterocycles. The van der Waals surface area contributed by atoms with Gasteiger partial charge in [-0.2, -0.15) is 0 Å². The molecule has 0 radical (unpaired) electrons. The van der Waals surface area contributed by atoms with E-state index in [0.717, 1.165) is 6.07 Å². The predicted molar refractivity (Wildman–Crippen MR) is 60.7 cm³/mol. The van der Waals surface area contributed by atoms with Crippen molar-refractivity contribution in [2.45, 2.75) is 19.8 Å². The third-order valence-electron chi connectivity index (χ3n) is 2.67. The molecule has 1 aromatic rings. The van der Waals surface area contributed by atoms with Crippen molar-refractivity contribution in [2.75, 3.05) is 0 Å². The Kier molecular flexibility index (Phi) is 3.74. The van der Waals surface area contributed by atoms with Crippen LogP contribution in [0.25, 0.3) is 0 Å². The zero-order valence-electron chi connectivity index (χ0n) is 8.63. The summed E-state index contributed by atoms with van der Waals surface area (Å²) in [5.74, 6) is -2.03. The highest BCUT2D eigenvalue weighted by Crippen LogP contribution is 2.27. The maximum absolute atomic E-state index is 13.4. The van der Waals surface area contributed by atoms with Crippen LogP contribution in [0.3, 0.4) is 0 Å². The van der Waals surface area contributed by atoms with Gasteiger partial charge in [-0.15, -0.1) is 0 Å². The van der Waals surface area contributed by atoms with E-state index < -0.39 is 11.6 Å². The number of rotatable bonds is 3. The van der Waals surface area contributed by atoms with E-state index in [9.17, 15) is 8.78 Å². The second-order valence-corrected chi connectivity index (χ2v) is 4.09. The van der Waals surface area contributed by atoms with Gasteiger partial charge in [0.2, 0.25) is 0 Å². The first-order valence-corrected chi connectivity index (χ1v) is 5.09. The molecule has 1 nitrogen and oxygen atoms in total. The van der Waals surface area contributed by atoms with Gasteiger partial charge in [-0.3, -0.25) is 0 Å². The average molecular weight is 229 g/mol. The smallest absolute Gasteiger partial charge is 0.162 e. The van der Waals surface area contributed by atoms with Crippen molar-refractivity contribution in [3.63, 3.8) is 0 Å². The number of nitrogens with two attached hydrogens (primary N) is 1. The van der Waals surface area contributed by atoms with Crippen LogP contribution in [0.4, 0.5) is 8.78 Å². The Hall–Kier alpha value is -1.03. The van der Waals surface area contributed by atoms with E-state index >= 15 is 0 Å². The quantitative estimate of drug-likeness (QED) is 0.806. The third kappa shape index (κ3) is 2.50. The summed E-state index contributed by atoms with van der Waals surface area (Å²) in [5.41, 5.74) is 5.79. The minimum absolute atomic E-state index is 0.156. The van der Waals surface area contributed by atoms with Crippen LogP contribution in [-0.4, -0.2) is 4.99 Å². The van der Waals surface area contributed by atoms with E-state index in [4.69, 9.17) is 18.0 Å². The molecule has 82 valence electrons. The second kappa shape index (κ2) is 4.66. The van der Waals surface area contributed by atoms with E-state index in [-0.39, 0.29) is 11.8 Å². The van der Waals surface area contributed by atoms with Crippen molar-refractivity contribution < 1.29 is 8.78 Å². The number of thiocarbonyl (C=S) groups is 1. The van der Waals surface area contributed by atoms with Crippen LogP contribution in [0, 0.1) is 17.6 Å². The summed E-state index contributed by atoms with van der Waals surface area (Å²) in [6.45, 7) is 3.58. The average Bonchev–Trinajstić information content (AvgIpc) is 2.20. The molecule has 0 bridgehead atoms. The molecule has 4 heteroatoms. The highest BCUT2D eigenvalue weighted by Gasteiger charge is 2.21. The monoisotopic (exact) mass is 229 g/mol. The topological polar surface area (TPSA) is 26.0 Å². The number of halogens is 2. The lowest BCUT2D eigenvalue weighted by atomic mass is 9.88. The summed E-state index contributed by atoms with van der Waals surface area (Å²) in [4.78, 5) is 0.311. The van der Waals surface area contributed by atoms with Gasteiger partial charge < -0.3 is 5.73 Å². The Bertz CT molecular complexity index is 379. The van der Waals surface area contributed by atoms with E-state index in [0.29, 0.717) is 10.6 Å². The first kappa shape index (κ1) is 12.0. The van der Waals surface area contributed by atoms with Gasteiger partial charge >= 0.3 is 0 Å². The second-order valence-electron chi connectivity index (χ2n) is 3.62. The Morgan fingerprint density at radius 1 is 1.33 bits per heavy atom. The lowest BCUT2D eigenvalue weighted by Crippen LogP contribution is -2.23. The third-order valence-corrected chi connectivity index (χ3v) is 3.04. The van der Waals surface area contributed by atoms with Crippen LogP contribution >= 0.6 is 12.2 Å². The van der Waals surface area contributed by atoms with Crippen LogP contribution in [0.2, 0.25) is 0 Å². The number of hydrogen-bond acceptors (Lipinski definition) is 1. The molecule has 0 aromatic heterocycles. The van der Waals surface area contributed by atoms with Crippen LogP contribution in [0.1, 0.15) is 25.3 Å². The van der Waals surface area contributed by atoms with E-state index in [1.807, 2.05) is 0 Å². The molecule has 0 saturated carbocycles. The van der Waals surface area contributed by atoms with Gasteiger partial charge in [0.1, 0.15) is 0 Å². The van der Waals surface area contributed by atoms with E-state index in [1.165, 1.54) is 6.07 Å². The van der Waals surface area contributed by atoms with Gasteiger partial charge in [0.25, 0.3) is 0 Å². The van der Waals surface area contributed by atoms with Crippen molar-refractivity contribution in [1.82, 2.24) is 0 Å². The van der Waals surface area contributed by atoms with Gasteiger partial charge in [-0.25, -0.2) is 8.78 Å². The SMILES string of the molecule is CC(C(N)=S)C(C)c1cccc(F)c1F. The molecular weight excluding hydrogens is 216 g/mol. The van der Waals surface area contributed by atoms with Gasteiger partial charge in [-0.1, -0.05) is 38.2 Å².